The van der Waals surface area contributed by atoms with Crippen molar-refractivity contribution in [3.05, 3.63) is 0 Å². The maximum atomic E-state index is 9.29. The maximum absolute atomic E-state index is 9.29. The molecule has 2 nitrogen and oxygen atoms in total. The molecule has 0 saturated heterocycles. The van der Waals surface area contributed by atoms with Crippen LogP contribution in [0.5, 0.6) is 0 Å². The number of hydrogen-bond donors (Lipinski definition) is 1. The fourth-order valence-electron chi connectivity index (χ4n) is 1.49. The van der Waals surface area contributed by atoms with Gasteiger partial charge < -0.3 is 9.84 Å². The van der Waals surface area contributed by atoms with E-state index in [2.05, 4.69) is 34.6 Å². The van der Waals surface area contributed by atoms with Crippen molar-refractivity contribution in [2.75, 3.05) is 13.2 Å². The first-order chi connectivity index (χ1) is 6.33. The Morgan fingerprint density at radius 1 is 1.07 bits per heavy atom. The van der Waals surface area contributed by atoms with Crippen molar-refractivity contribution in [2.24, 2.45) is 5.41 Å². The molecule has 0 fully saturated rings. The van der Waals surface area contributed by atoms with Crippen molar-refractivity contribution < 1.29 is 9.84 Å². The highest BCUT2D eigenvalue weighted by atomic mass is 16.5. The summed E-state index contributed by atoms with van der Waals surface area (Å²) >= 11 is 0. The average molecular weight is 202 g/mol. The summed E-state index contributed by atoms with van der Waals surface area (Å²) in [7, 11) is 0. The molecule has 0 amide bonds. The Kier molecular flexibility index (Phi) is 5.68. The first kappa shape index (κ1) is 13.9. The summed E-state index contributed by atoms with van der Waals surface area (Å²) in [5, 5.41) is 9.29. The second-order valence-corrected chi connectivity index (χ2v) is 5.43. The fraction of sp³-hybridized carbons (Fsp3) is 1.00. The highest BCUT2D eigenvalue weighted by molar-refractivity contribution is 4.73. The highest BCUT2D eigenvalue weighted by Gasteiger charge is 2.23. The Balaban J connectivity index is 3.84. The Morgan fingerprint density at radius 2 is 1.64 bits per heavy atom. The van der Waals surface area contributed by atoms with E-state index in [1.807, 2.05) is 0 Å². The van der Waals surface area contributed by atoms with Gasteiger partial charge in [0.1, 0.15) is 0 Å². The lowest BCUT2D eigenvalue weighted by molar-refractivity contribution is -0.0252. The van der Waals surface area contributed by atoms with Crippen LogP contribution in [0.1, 0.15) is 53.9 Å². The van der Waals surface area contributed by atoms with E-state index < -0.39 is 0 Å². The molecule has 0 heterocycles. The summed E-state index contributed by atoms with van der Waals surface area (Å²) in [4.78, 5) is 0. The number of aliphatic hydroxyl groups excluding tert-OH is 1. The van der Waals surface area contributed by atoms with Crippen molar-refractivity contribution in [1.29, 1.82) is 0 Å². The second-order valence-electron chi connectivity index (χ2n) is 5.43. The molecule has 14 heavy (non-hydrogen) atoms. The fourth-order valence-corrected chi connectivity index (χ4v) is 1.49. The van der Waals surface area contributed by atoms with Crippen molar-refractivity contribution >= 4 is 0 Å². The summed E-state index contributed by atoms with van der Waals surface area (Å²) in [6.45, 7) is 11.4. The molecule has 0 bridgehead atoms. The van der Waals surface area contributed by atoms with E-state index in [0.717, 1.165) is 25.9 Å². The summed E-state index contributed by atoms with van der Waals surface area (Å²) in [6.07, 6.45) is 3.12. The molecule has 0 spiro atoms. The molecule has 0 aliphatic rings. The lowest BCUT2D eigenvalue weighted by atomic mass is 9.83. The number of aliphatic hydroxyl groups is 1. The lowest BCUT2D eigenvalue weighted by Gasteiger charge is -2.29. The Hall–Kier alpha value is -0.0800. The summed E-state index contributed by atoms with van der Waals surface area (Å²) in [5.41, 5.74) is -0.0252. The molecular formula is C12H26O2. The van der Waals surface area contributed by atoms with Gasteiger partial charge in [-0.25, -0.2) is 0 Å². The Bertz CT molecular complexity index is 149. The smallest absolute Gasteiger partial charge is 0.0598 e. The molecule has 1 atom stereocenters. The highest BCUT2D eigenvalue weighted by Crippen LogP contribution is 2.27. The standard InChI is InChI=1S/C12H26O2/c1-6-7-12(5,10-13)8-9-14-11(2,3)4/h13H,6-10H2,1-5H3. The lowest BCUT2D eigenvalue weighted by Crippen LogP contribution is -2.27. The van der Waals surface area contributed by atoms with Crippen molar-refractivity contribution in [3.8, 4) is 0 Å². The third kappa shape index (κ3) is 6.39. The van der Waals surface area contributed by atoms with Gasteiger partial charge in [0.15, 0.2) is 0 Å². The molecule has 86 valence electrons. The zero-order chi connectivity index (χ0) is 11.2. The molecule has 0 aromatic heterocycles. The van der Waals surface area contributed by atoms with Gasteiger partial charge in [-0.05, 0) is 39.0 Å². The van der Waals surface area contributed by atoms with Gasteiger partial charge in [0.05, 0.1) is 5.60 Å². The van der Waals surface area contributed by atoms with Crippen molar-refractivity contribution in [1.82, 2.24) is 0 Å². The molecule has 0 aliphatic carbocycles. The maximum Gasteiger partial charge on any atom is 0.0598 e. The van der Waals surface area contributed by atoms with Crippen LogP contribution in [-0.4, -0.2) is 23.9 Å². The van der Waals surface area contributed by atoms with Crippen LogP contribution < -0.4 is 0 Å². The van der Waals surface area contributed by atoms with Gasteiger partial charge in [-0.1, -0.05) is 20.3 Å². The second kappa shape index (κ2) is 5.72. The van der Waals surface area contributed by atoms with E-state index in [9.17, 15) is 5.11 Å². The van der Waals surface area contributed by atoms with Gasteiger partial charge in [0, 0.05) is 13.2 Å². The van der Waals surface area contributed by atoms with Gasteiger partial charge in [-0.2, -0.15) is 0 Å². The number of ether oxygens (including phenoxy) is 1. The molecule has 0 rings (SSSR count). The number of rotatable bonds is 6. The monoisotopic (exact) mass is 202 g/mol. The van der Waals surface area contributed by atoms with Crippen molar-refractivity contribution in [3.63, 3.8) is 0 Å². The molecule has 0 radical (unpaired) electrons. The van der Waals surface area contributed by atoms with Gasteiger partial charge in [-0.3, -0.25) is 0 Å². The first-order valence-corrected chi connectivity index (χ1v) is 5.58. The first-order valence-electron chi connectivity index (χ1n) is 5.58. The van der Waals surface area contributed by atoms with E-state index in [4.69, 9.17) is 4.74 Å². The SMILES string of the molecule is CCCC(C)(CO)CCOC(C)(C)C. The van der Waals surface area contributed by atoms with Gasteiger partial charge in [0.2, 0.25) is 0 Å². The molecule has 0 aromatic carbocycles. The summed E-state index contributed by atoms with van der Waals surface area (Å²) < 4.78 is 5.66. The number of hydrogen-bond acceptors (Lipinski definition) is 2. The Labute approximate surface area is 88.7 Å². The van der Waals surface area contributed by atoms with E-state index in [1.165, 1.54) is 0 Å². The van der Waals surface area contributed by atoms with E-state index in [-0.39, 0.29) is 17.6 Å². The molecule has 1 N–H and O–H groups in total. The predicted octanol–water partition coefficient (Wildman–Crippen LogP) is 2.99. The van der Waals surface area contributed by atoms with E-state index >= 15 is 0 Å². The van der Waals surface area contributed by atoms with Crippen LogP contribution in [0.15, 0.2) is 0 Å². The van der Waals surface area contributed by atoms with E-state index in [1.54, 1.807) is 0 Å². The zero-order valence-electron chi connectivity index (χ0n) is 10.4. The largest absolute Gasteiger partial charge is 0.396 e. The quantitative estimate of drug-likeness (QED) is 0.717. The summed E-state index contributed by atoms with van der Waals surface area (Å²) in [6, 6.07) is 0. The van der Waals surface area contributed by atoms with Gasteiger partial charge >= 0.3 is 0 Å². The van der Waals surface area contributed by atoms with Crippen LogP contribution in [0, 0.1) is 5.41 Å². The normalized spacial score (nSPS) is 16.7. The molecule has 2 heteroatoms. The summed E-state index contributed by atoms with van der Waals surface area (Å²) in [5.74, 6) is 0. The van der Waals surface area contributed by atoms with Gasteiger partial charge in [0.25, 0.3) is 0 Å². The van der Waals surface area contributed by atoms with Crippen LogP contribution in [0.4, 0.5) is 0 Å². The molecule has 1 unspecified atom stereocenters. The molecular weight excluding hydrogens is 176 g/mol. The minimum Gasteiger partial charge on any atom is -0.396 e. The van der Waals surface area contributed by atoms with Crippen LogP contribution in [0.3, 0.4) is 0 Å². The van der Waals surface area contributed by atoms with Crippen LogP contribution in [0.25, 0.3) is 0 Å². The zero-order valence-corrected chi connectivity index (χ0v) is 10.4. The topological polar surface area (TPSA) is 29.5 Å². The molecule has 0 saturated carbocycles. The average Bonchev–Trinajstić information content (AvgIpc) is 2.02. The predicted molar refractivity (Wildman–Crippen MR) is 60.4 cm³/mol. The molecule has 0 aromatic rings. The molecule has 0 aliphatic heterocycles. The minimum absolute atomic E-state index is 0.0417. The van der Waals surface area contributed by atoms with Crippen LogP contribution in [-0.2, 0) is 4.74 Å². The third-order valence-corrected chi connectivity index (χ3v) is 2.48. The van der Waals surface area contributed by atoms with Crippen LogP contribution in [0.2, 0.25) is 0 Å². The minimum atomic E-state index is -0.0669. The van der Waals surface area contributed by atoms with Crippen molar-refractivity contribution in [2.45, 2.75) is 59.5 Å². The van der Waals surface area contributed by atoms with E-state index in [0.29, 0.717) is 0 Å². The van der Waals surface area contributed by atoms with Gasteiger partial charge in [-0.15, -0.1) is 0 Å². The van der Waals surface area contributed by atoms with Crippen LogP contribution >= 0.6 is 0 Å². The Morgan fingerprint density at radius 3 is 2.00 bits per heavy atom. The third-order valence-electron chi connectivity index (χ3n) is 2.48.